The fraction of sp³-hybridized carbons (Fsp3) is 0.400. The van der Waals surface area contributed by atoms with Gasteiger partial charge in [-0.15, -0.1) is 0 Å². The number of likely N-dealkylation sites (tertiary alicyclic amines) is 1. The van der Waals surface area contributed by atoms with Crippen LogP contribution in [0.1, 0.15) is 18.4 Å². The van der Waals surface area contributed by atoms with E-state index in [2.05, 4.69) is 14.7 Å². The molecule has 1 aromatic carbocycles. The van der Waals surface area contributed by atoms with Gasteiger partial charge in [0.1, 0.15) is 5.82 Å². The number of nitrogens with zero attached hydrogens (tertiary/aromatic N) is 3. The number of urea groups is 1. The van der Waals surface area contributed by atoms with Gasteiger partial charge >= 0.3 is 6.03 Å². The van der Waals surface area contributed by atoms with Crippen molar-refractivity contribution in [1.82, 2.24) is 14.3 Å². The van der Waals surface area contributed by atoms with Crippen molar-refractivity contribution in [3.63, 3.8) is 0 Å². The number of halogens is 2. The molecule has 0 radical (unpaired) electrons. The number of hydrogen-bond acceptors (Lipinski definition) is 5. The second kappa shape index (κ2) is 7.31. The molecule has 3 rings (SSSR count). The first kappa shape index (κ1) is 16.9. The Bertz CT molecular complexity index is 732. The summed E-state index contributed by atoms with van der Waals surface area (Å²) in [6, 6.07) is 4.57. The van der Waals surface area contributed by atoms with Crippen LogP contribution in [0.5, 0.6) is 0 Å². The molecule has 1 aliphatic heterocycles. The summed E-state index contributed by atoms with van der Waals surface area (Å²) < 4.78 is 17.7. The molecule has 2 heterocycles. The van der Waals surface area contributed by atoms with Crippen molar-refractivity contribution in [1.29, 1.82) is 0 Å². The predicted octanol–water partition coefficient (Wildman–Crippen LogP) is 3.40. The van der Waals surface area contributed by atoms with Gasteiger partial charge in [-0.1, -0.05) is 17.7 Å². The number of rotatable bonds is 3. The zero-order valence-electron chi connectivity index (χ0n) is 12.8. The van der Waals surface area contributed by atoms with Crippen LogP contribution in [0.15, 0.2) is 18.2 Å². The van der Waals surface area contributed by atoms with Crippen LogP contribution in [0.25, 0.3) is 0 Å². The molecule has 6 nitrogen and oxygen atoms in total. The van der Waals surface area contributed by atoms with E-state index in [1.54, 1.807) is 17.0 Å². The van der Waals surface area contributed by atoms with Gasteiger partial charge in [0.05, 0.1) is 0 Å². The second-order valence-electron chi connectivity index (χ2n) is 5.76. The molecule has 24 heavy (non-hydrogen) atoms. The number of piperidine rings is 1. The van der Waals surface area contributed by atoms with Gasteiger partial charge in [-0.2, -0.15) is 9.36 Å². The Labute approximate surface area is 148 Å². The first-order chi connectivity index (χ1) is 11.5. The lowest BCUT2D eigenvalue weighted by Gasteiger charge is -2.31. The third kappa shape index (κ3) is 4.12. The summed E-state index contributed by atoms with van der Waals surface area (Å²) in [6.45, 7) is 1.25. The van der Waals surface area contributed by atoms with Gasteiger partial charge in [0, 0.05) is 29.6 Å². The first-order valence-electron chi connectivity index (χ1n) is 7.60. The van der Waals surface area contributed by atoms with Crippen molar-refractivity contribution < 1.29 is 9.18 Å². The van der Waals surface area contributed by atoms with Gasteiger partial charge < -0.3 is 10.6 Å². The Morgan fingerprint density at radius 1 is 1.46 bits per heavy atom. The van der Waals surface area contributed by atoms with E-state index in [4.69, 9.17) is 17.3 Å². The minimum absolute atomic E-state index is 0.152. The standard InChI is InChI=1S/C15H17ClFN5OS/c16-11-2-1-10(12(17)8-11)7-9-3-5-22(6-4-9)15(23)20-14-19-13(18)21-24-14/h1-2,8-9H,3-7H2,(H3,18,19,20,21,23). The van der Waals surface area contributed by atoms with Crippen LogP contribution in [0.4, 0.5) is 20.3 Å². The van der Waals surface area contributed by atoms with Crippen LogP contribution in [-0.4, -0.2) is 33.4 Å². The van der Waals surface area contributed by atoms with Crippen molar-refractivity contribution in [2.24, 2.45) is 5.92 Å². The maximum atomic E-state index is 13.9. The molecule has 0 saturated carbocycles. The van der Waals surface area contributed by atoms with Crippen LogP contribution in [0.3, 0.4) is 0 Å². The maximum Gasteiger partial charge on any atom is 0.323 e. The molecule has 1 aliphatic rings. The van der Waals surface area contributed by atoms with Gasteiger partial charge in [0.15, 0.2) is 0 Å². The number of benzene rings is 1. The lowest BCUT2D eigenvalue weighted by molar-refractivity contribution is 0.182. The predicted molar refractivity (Wildman–Crippen MR) is 92.8 cm³/mol. The third-order valence-electron chi connectivity index (χ3n) is 4.08. The fourth-order valence-electron chi connectivity index (χ4n) is 2.79. The minimum Gasteiger partial charge on any atom is -0.367 e. The number of nitrogen functional groups attached to an aromatic ring is 1. The number of nitrogens with two attached hydrogens (primary N) is 1. The van der Waals surface area contributed by atoms with Crippen LogP contribution < -0.4 is 11.1 Å². The molecule has 1 fully saturated rings. The molecule has 0 aliphatic carbocycles. The van der Waals surface area contributed by atoms with Gasteiger partial charge in [0.2, 0.25) is 11.1 Å². The first-order valence-corrected chi connectivity index (χ1v) is 8.75. The van der Waals surface area contributed by atoms with Crippen LogP contribution >= 0.6 is 23.1 Å². The normalized spacial score (nSPS) is 15.5. The van der Waals surface area contributed by atoms with Gasteiger partial charge in [0.25, 0.3) is 0 Å². The molecule has 2 aromatic rings. The third-order valence-corrected chi connectivity index (χ3v) is 4.96. The van der Waals surface area contributed by atoms with E-state index in [9.17, 15) is 9.18 Å². The van der Waals surface area contributed by atoms with Crippen molar-refractivity contribution in [2.45, 2.75) is 19.3 Å². The SMILES string of the molecule is Nc1nsc(NC(=O)N2CCC(Cc3ccc(Cl)cc3F)CC2)n1. The summed E-state index contributed by atoms with van der Waals surface area (Å²) in [5.41, 5.74) is 6.10. The molecular formula is C15H17ClFN5OS. The van der Waals surface area contributed by atoms with Crippen molar-refractivity contribution in [2.75, 3.05) is 24.1 Å². The van der Waals surface area contributed by atoms with E-state index >= 15 is 0 Å². The number of hydrogen-bond donors (Lipinski definition) is 2. The molecule has 0 bridgehead atoms. The summed E-state index contributed by atoms with van der Waals surface area (Å²) in [5, 5.41) is 3.48. The molecule has 0 atom stereocenters. The van der Waals surface area contributed by atoms with Gasteiger partial charge in [-0.3, -0.25) is 5.32 Å². The number of carbonyl (C=O) groups is 1. The number of carbonyl (C=O) groups excluding carboxylic acids is 1. The summed E-state index contributed by atoms with van der Waals surface area (Å²) in [6.07, 6.45) is 2.31. The Balaban J connectivity index is 1.51. The Kier molecular flexibility index (Phi) is 5.15. The minimum atomic E-state index is -0.267. The topological polar surface area (TPSA) is 84.1 Å². The highest BCUT2D eigenvalue weighted by Gasteiger charge is 2.24. The monoisotopic (exact) mass is 369 g/mol. The molecule has 1 saturated heterocycles. The summed E-state index contributed by atoms with van der Waals surface area (Å²) >= 11 is 6.82. The van der Waals surface area contributed by atoms with Crippen LogP contribution in [0.2, 0.25) is 5.02 Å². The van der Waals surface area contributed by atoms with E-state index in [0.29, 0.717) is 41.1 Å². The molecule has 3 N–H and O–H groups in total. The number of amides is 2. The average molecular weight is 370 g/mol. The average Bonchev–Trinajstić information content (AvgIpc) is 2.96. The maximum absolute atomic E-state index is 13.9. The van der Waals surface area contributed by atoms with E-state index < -0.39 is 0 Å². The molecule has 128 valence electrons. The molecule has 2 amide bonds. The zero-order chi connectivity index (χ0) is 17.1. The Hall–Kier alpha value is -1.93. The van der Waals surface area contributed by atoms with Gasteiger partial charge in [-0.25, -0.2) is 9.18 Å². The van der Waals surface area contributed by atoms with E-state index in [-0.39, 0.29) is 17.8 Å². The smallest absolute Gasteiger partial charge is 0.323 e. The van der Waals surface area contributed by atoms with Crippen LogP contribution in [0, 0.1) is 11.7 Å². The fourth-order valence-corrected chi connectivity index (χ4v) is 3.44. The number of aromatic nitrogens is 2. The highest BCUT2D eigenvalue weighted by atomic mass is 35.5. The highest BCUT2D eigenvalue weighted by Crippen LogP contribution is 2.25. The summed E-state index contributed by atoms with van der Waals surface area (Å²) in [5.74, 6) is 0.234. The van der Waals surface area contributed by atoms with E-state index in [0.717, 1.165) is 24.4 Å². The van der Waals surface area contributed by atoms with Crippen LogP contribution in [-0.2, 0) is 6.42 Å². The van der Waals surface area contributed by atoms with Crippen molar-refractivity contribution in [3.8, 4) is 0 Å². The summed E-state index contributed by atoms with van der Waals surface area (Å²) in [7, 11) is 0. The highest BCUT2D eigenvalue weighted by molar-refractivity contribution is 7.10. The quantitative estimate of drug-likeness (QED) is 0.868. The largest absolute Gasteiger partial charge is 0.367 e. The lowest BCUT2D eigenvalue weighted by Crippen LogP contribution is -2.41. The van der Waals surface area contributed by atoms with E-state index in [1.165, 1.54) is 6.07 Å². The number of anilines is 2. The molecule has 1 aromatic heterocycles. The molecular weight excluding hydrogens is 353 g/mol. The summed E-state index contributed by atoms with van der Waals surface area (Å²) in [4.78, 5) is 17.8. The van der Waals surface area contributed by atoms with E-state index in [1.807, 2.05) is 0 Å². The van der Waals surface area contributed by atoms with Crippen molar-refractivity contribution in [3.05, 3.63) is 34.6 Å². The Morgan fingerprint density at radius 3 is 2.83 bits per heavy atom. The van der Waals surface area contributed by atoms with Crippen molar-refractivity contribution >= 4 is 40.2 Å². The molecule has 0 spiro atoms. The Morgan fingerprint density at radius 2 is 2.21 bits per heavy atom. The lowest BCUT2D eigenvalue weighted by atomic mass is 9.90. The van der Waals surface area contributed by atoms with Gasteiger partial charge in [-0.05, 0) is 42.9 Å². The second-order valence-corrected chi connectivity index (χ2v) is 6.95. The molecule has 0 unspecified atom stereocenters. The molecule has 9 heteroatoms. The number of nitrogens with one attached hydrogen (secondary N) is 1. The zero-order valence-corrected chi connectivity index (χ0v) is 14.4.